The van der Waals surface area contributed by atoms with E-state index in [1.54, 1.807) is 18.1 Å². The molecule has 1 atom stereocenters. The van der Waals surface area contributed by atoms with Gasteiger partial charge in [0.1, 0.15) is 5.69 Å². The summed E-state index contributed by atoms with van der Waals surface area (Å²) in [4.78, 5) is 33.1. The second kappa shape index (κ2) is 5.26. The Morgan fingerprint density at radius 3 is 3.09 bits per heavy atom. The molecular formula is C16H19N5O2. The zero-order chi connectivity index (χ0) is 16.0. The molecule has 7 heteroatoms. The van der Waals surface area contributed by atoms with Crippen LogP contribution in [0.2, 0.25) is 0 Å². The number of fused-ring (bicyclic) bond motifs is 3. The Labute approximate surface area is 133 Å². The molecule has 1 fully saturated rings. The molecule has 2 aliphatic heterocycles. The Bertz CT molecular complexity index is 809. The quantitative estimate of drug-likeness (QED) is 0.842. The van der Waals surface area contributed by atoms with E-state index in [1.807, 2.05) is 6.07 Å². The van der Waals surface area contributed by atoms with Crippen molar-refractivity contribution in [1.29, 1.82) is 0 Å². The number of rotatable bonds is 1. The van der Waals surface area contributed by atoms with Crippen molar-refractivity contribution in [3.05, 3.63) is 46.1 Å². The summed E-state index contributed by atoms with van der Waals surface area (Å²) in [5.74, 6) is -0.145. The Hall–Kier alpha value is -2.57. The number of pyridine rings is 1. The summed E-state index contributed by atoms with van der Waals surface area (Å²) in [6.45, 7) is 2.14. The maximum absolute atomic E-state index is 12.8. The summed E-state index contributed by atoms with van der Waals surface area (Å²) in [6, 6.07) is 5.71. The van der Waals surface area contributed by atoms with E-state index in [9.17, 15) is 9.59 Å². The molecule has 7 nitrogen and oxygen atoms in total. The predicted octanol–water partition coefficient (Wildman–Crippen LogP) is 0.733. The third kappa shape index (κ3) is 2.32. The molecule has 0 bridgehead atoms. The summed E-state index contributed by atoms with van der Waals surface area (Å²) in [6.07, 6.45) is 3.97. The van der Waals surface area contributed by atoms with Gasteiger partial charge in [0.25, 0.3) is 11.5 Å². The minimum Gasteiger partial charge on any atom is -0.365 e. The molecular weight excluding hydrogens is 294 g/mol. The van der Waals surface area contributed by atoms with Crippen molar-refractivity contribution in [2.75, 3.05) is 18.0 Å². The molecule has 2 aromatic heterocycles. The van der Waals surface area contributed by atoms with Crippen molar-refractivity contribution in [3.63, 3.8) is 0 Å². The van der Waals surface area contributed by atoms with E-state index in [0.717, 1.165) is 30.8 Å². The van der Waals surface area contributed by atoms with Crippen molar-refractivity contribution >= 4 is 11.6 Å². The molecule has 23 heavy (non-hydrogen) atoms. The minimum absolute atomic E-state index is 0.145. The van der Waals surface area contributed by atoms with Crippen LogP contribution in [0.1, 0.15) is 29.0 Å². The summed E-state index contributed by atoms with van der Waals surface area (Å²) >= 11 is 0. The molecule has 0 spiro atoms. The van der Waals surface area contributed by atoms with Crippen LogP contribution in [-0.4, -0.2) is 44.7 Å². The van der Waals surface area contributed by atoms with Gasteiger partial charge in [0.05, 0.1) is 17.9 Å². The second-order valence-electron chi connectivity index (χ2n) is 6.21. The number of aromatic nitrogens is 3. The lowest BCUT2D eigenvalue weighted by molar-refractivity contribution is 0.0729. The number of aromatic amines is 1. The molecule has 0 aliphatic carbocycles. The van der Waals surface area contributed by atoms with E-state index < -0.39 is 0 Å². The van der Waals surface area contributed by atoms with Crippen LogP contribution in [0.15, 0.2) is 29.2 Å². The third-order valence-electron chi connectivity index (χ3n) is 4.73. The molecule has 0 aromatic carbocycles. The maximum Gasteiger partial charge on any atom is 0.272 e. The van der Waals surface area contributed by atoms with Crippen molar-refractivity contribution in [2.45, 2.75) is 25.4 Å². The highest BCUT2D eigenvalue weighted by molar-refractivity contribution is 5.92. The highest BCUT2D eigenvalue weighted by atomic mass is 16.2. The number of anilines is 1. The topological polar surface area (TPSA) is 74.2 Å². The Balaban J connectivity index is 1.70. The second-order valence-corrected chi connectivity index (χ2v) is 6.21. The van der Waals surface area contributed by atoms with Crippen LogP contribution >= 0.6 is 0 Å². The SMILES string of the molecule is Cn1[nH]c(C(=O)N2Cc3ncccc3N3CCC[C@H]3C2)cc1=O. The lowest BCUT2D eigenvalue weighted by atomic mass is 10.2. The zero-order valence-electron chi connectivity index (χ0n) is 13.0. The van der Waals surface area contributed by atoms with Crippen LogP contribution in [0, 0.1) is 0 Å². The smallest absolute Gasteiger partial charge is 0.272 e. The van der Waals surface area contributed by atoms with E-state index in [0.29, 0.717) is 24.8 Å². The number of nitrogens with one attached hydrogen (secondary N) is 1. The number of carbonyl (C=O) groups is 1. The molecule has 1 amide bonds. The van der Waals surface area contributed by atoms with Crippen molar-refractivity contribution < 1.29 is 4.79 Å². The van der Waals surface area contributed by atoms with Crippen LogP contribution in [0.3, 0.4) is 0 Å². The van der Waals surface area contributed by atoms with Gasteiger partial charge in [-0.25, -0.2) is 0 Å². The first-order valence-corrected chi connectivity index (χ1v) is 7.89. The molecule has 0 radical (unpaired) electrons. The first-order valence-electron chi connectivity index (χ1n) is 7.89. The highest BCUT2D eigenvalue weighted by Gasteiger charge is 2.34. The first kappa shape index (κ1) is 14.0. The molecule has 120 valence electrons. The Kier molecular flexibility index (Phi) is 3.21. The average molecular weight is 313 g/mol. The van der Waals surface area contributed by atoms with Crippen LogP contribution in [0.5, 0.6) is 0 Å². The van der Waals surface area contributed by atoms with E-state index in [-0.39, 0.29) is 11.5 Å². The molecule has 0 unspecified atom stereocenters. The standard InChI is InChI=1S/C16H19N5O2/c1-19-15(22)8-12(18-19)16(23)20-9-11-4-3-7-21(11)14-5-2-6-17-13(14)10-20/h2,5-6,8,11,18H,3-4,7,9-10H2,1H3/t11-/m0/s1. The largest absolute Gasteiger partial charge is 0.365 e. The molecule has 1 N–H and O–H groups in total. The van der Waals surface area contributed by atoms with E-state index in [1.165, 1.54) is 10.7 Å². The number of nitrogens with zero attached hydrogens (tertiary/aromatic N) is 4. The maximum atomic E-state index is 12.8. The molecule has 4 rings (SSSR count). The van der Waals surface area contributed by atoms with Crippen molar-refractivity contribution in [1.82, 2.24) is 19.7 Å². The van der Waals surface area contributed by atoms with Crippen molar-refractivity contribution in [2.24, 2.45) is 7.05 Å². The summed E-state index contributed by atoms with van der Waals surface area (Å²) in [5, 5.41) is 2.82. The van der Waals surface area contributed by atoms with Gasteiger partial charge in [-0.1, -0.05) is 0 Å². The van der Waals surface area contributed by atoms with E-state index in [4.69, 9.17) is 0 Å². The monoisotopic (exact) mass is 313 g/mol. The predicted molar refractivity (Wildman–Crippen MR) is 85.4 cm³/mol. The summed E-state index contributed by atoms with van der Waals surface area (Å²) in [5.41, 5.74) is 2.18. The third-order valence-corrected chi connectivity index (χ3v) is 4.73. The molecule has 1 saturated heterocycles. The lowest BCUT2D eigenvalue weighted by Gasteiger charge is -2.27. The van der Waals surface area contributed by atoms with Gasteiger partial charge >= 0.3 is 0 Å². The lowest BCUT2D eigenvalue weighted by Crippen LogP contribution is -2.40. The van der Waals surface area contributed by atoms with Gasteiger partial charge in [-0.3, -0.25) is 24.4 Å². The van der Waals surface area contributed by atoms with Crippen molar-refractivity contribution in [3.8, 4) is 0 Å². The van der Waals surface area contributed by atoms with Gasteiger partial charge in [-0.2, -0.15) is 0 Å². The number of hydrogen-bond donors (Lipinski definition) is 1. The summed E-state index contributed by atoms with van der Waals surface area (Å²) in [7, 11) is 1.61. The van der Waals surface area contributed by atoms with Gasteiger partial charge in [0.2, 0.25) is 0 Å². The van der Waals surface area contributed by atoms with Gasteiger partial charge in [-0.05, 0) is 25.0 Å². The summed E-state index contributed by atoms with van der Waals surface area (Å²) < 4.78 is 1.32. The molecule has 0 saturated carbocycles. The van der Waals surface area contributed by atoms with E-state index >= 15 is 0 Å². The first-order chi connectivity index (χ1) is 11.1. The van der Waals surface area contributed by atoms with Gasteiger partial charge < -0.3 is 9.80 Å². The fourth-order valence-electron chi connectivity index (χ4n) is 3.58. The Morgan fingerprint density at radius 2 is 2.30 bits per heavy atom. The fraction of sp³-hybridized carbons (Fsp3) is 0.438. The van der Waals surface area contributed by atoms with Crippen LogP contribution < -0.4 is 10.5 Å². The van der Waals surface area contributed by atoms with Gasteiger partial charge in [-0.15, -0.1) is 0 Å². The number of H-pyrrole nitrogens is 1. The molecule has 4 heterocycles. The van der Waals surface area contributed by atoms with Crippen LogP contribution in [-0.2, 0) is 13.6 Å². The molecule has 2 aliphatic rings. The van der Waals surface area contributed by atoms with Crippen LogP contribution in [0.25, 0.3) is 0 Å². The number of aryl methyl sites for hydroxylation is 1. The zero-order valence-corrected chi connectivity index (χ0v) is 13.0. The van der Waals surface area contributed by atoms with E-state index in [2.05, 4.69) is 21.0 Å². The number of carbonyl (C=O) groups excluding carboxylic acids is 1. The van der Waals surface area contributed by atoms with Crippen LogP contribution in [0.4, 0.5) is 5.69 Å². The number of amides is 1. The normalized spacial score (nSPS) is 20.1. The number of hydrogen-bond acceptors (Lipinski definition) is 4. The van der Waals surface area contributed by atoms with Gasteiger partial charge in [0.15, 0.2) is 0 Å². The highest BCUT2D eigenvalue weighted by Crippen LogP contribution is 2.32. The molecule has 2 aromatic rings. The fourth-order valence-corrected chi connectivity index (χ4v) is 3.58. The minimum atomic E-state index is -0.204. The Morgan fingerprint density at radius 1 is 1.43 bits per heavy atom. The van der Waals surface area contributed by atoms with Gasteiger partial charge in [0, 0.05) is 38.4 Å². The average Bonchev–Trinajstić information content (AvgIpc) is 3.10.